The van der Waals surface area contributed by atoms with Crippen molar-refractivity contribution < 1.29 is 80.2 Å². The number of esters is 4. The number of aliphatic hydroxyl groups is 1. The Balaban J connectivity index is 5.22. The molecule has 2 unspecified atom stereocenters. The molecule has 3 N–H and O–H groups in total. The van der Waals surface area contributed by atoms with E-state index in [1.807, 2.05) is 0 Å². The number of phosphoric ester groups is 2. The van der Waals surface area contributed by atoms with Gasteiger partial charge in [0.2, 0.25) is 0 Å². The predicted molar refractivity (Wildman–Crippen MR) is 418 cm³/mol. The molecule has 0 bridgehead atoms. The van der Waals surface area contributed by atoms with Crippen LogP contribution in [0.1, 0.15) is 428 Å². The number of carbonyl (C=O) groups is 4. The summed E-state index contributed by atoms with van der Waals surface area (Å²) in [4.78, 5) is 73.1. The Morgan fingerprint density at radius 2 is 0.412 bits per heavy atom. The largest absolute Gasteiger partial charge is 0.472 e. The van der Waals surface area contributed by atoms with E-state index in [0.717, 1.165) is 114 Å². The summed E-state index contributed by atoms with van der Waals surface area (Å²) in [6, 6.07) is 0. The van der Waals surface area contributed by atoms with Gasteiger partial charge in [-0.25, -0.2) is 9.13 Å². The van der Waals surface area contributed by atoms with Gasteiger partial charge in [-0.1, -0.05) is 376 Å². The van der Waals surface area contributed by atoms with Crippen molar-refractivity contribution in [2.75, 3.05) is 39.6 Å². The first-order valence-electron chi connectivity index (χ1n) is 42.7. The van der Waals surface area contributed by atoms with Crippen molar-refractivity contribution in [3.63, 3.8) is 0 Å². The number of carbonyl (C=O) groups excluding carboxylic acids is 4. The highest BCUT2D eigenvalue weighted by Crippen LogP contribution is 2.45. The molecule has 5 atom stereocenters. The lowest BCUT2D eigenvalue weighted by molar-refractivity contribution is -0.161. The van der Waals surface area contributed by atoms with E-state index in [-0.39, 0.29) is 25.7 Å². The van der Waals surface area contributed by atoms with Crippen molar-refractivity contribution in [3.05, 3.63) is 0 Å². The van der Waals surface area contributed by atoms with Crippen LogP contribution in [0, 0.1) is 23.7 Å². The zero-order valence-corrected chi connectivity index (χ0v) is 69.0. The molecule has 0 fully saturated rings. The van der Waals surface area contributed by atoms with Crippen LogP contribution in [0.5, 0.6) is 0 Å². The lowest BCUT2D eigenvalue weighted by Gasteiger charge is -2.21. The summed E-state index contributed by atoms with van der Waals surface area (Å²) in [6.07, 6.45) is 59.8. The molecule has 0 aromatic rings. The Kier molecular flexibility index (Phi) is 70.6. The van der Waals surface area contributed by atoms with Crippen LogP contribution in [0.15, 0.2) is 0 Å². The van der Waals surface area contributed by atoms with Gasteiger partial charge in [0, 0.05) is 25.7 Å². The second-order valence-electron chi connectivity index (χ2n) is 31.8. The van der Waals surface area contributed by atoms with Crippen molar-refractivity contribution in [2.24, 2.45) is 23.7 Å². The van der Waals surface area contributed by atoms with Gasteiger partial charge in [0.15, 0.2) is 12.2 Å². The molecule has 0 aromatic heterocycles. The third kappa shape index (κ3) is 76.3. The summed E-state index contributed by atoms with van der Waals surface area (Å²) in [5.74, 6) is 0.968. The van der Waals surface area contributed by atoms with Crippen LogP contribution < -0.4 is 0 Å². The zero-order chi connectivity index (χ0) is 75.3. The van der Waals surface area contributed by atoms with Crippen LogP contribution in [-0.2, 0) is 65.4 Å². The third-order valence-electron chi connectivity index (χ3n) is 19.3. The minimum atomic E-state index is -4.96. The summed E-state index contributed by atoms with van der Waals surface area (Å²) in [6.45, 7) is 14.3. The van der Waals surface area contributed by atoms with Gasteiger partial charge < -0.3 is 33.8 Å². The Bertz CT molecular complexity index is 1990. The van der Waals surface area contributed by atoms with E-state index < -0.39 is 97.5 Å². The molecular weight excluding hydrogens is 1330 g/mol. The fraction of sp³-hybridized carbons (Fsp3) is 0.952. The summed E-state index contributed by atoms with van der Waals surface area (Å²) < 4.78 is 68.8. The highest BCUT2D eigenvalue weighted by molar-refractivity contribution is 7.47. The lowest BCUT2D eigenvalue weighted by Crippen LogP contribution is -2.30. The second-order valence-corrected chi connectivity index (χ2v) is 34.7. The Labute approximate surface area is 626 Å². The number of rotatable bonds is 80. The molecule has 0 aliphatic rings. The quantitative estimate of drug-likeness (QED) is 0.0222. The molecule has 0 amide bonds. The molecular formula is C83H162O17P2. The van der Waals surface area contributed by atoms with Gasteiger partial charge >= 0.3 is 39.5 Å². The molecule has 19 heteroatoms. The van der Waals surface area contributed by atoms with Crippen molar-refractivity contribution in [1.29, 1.82) is 0 Å². The highest BCUT2D eigenvalue weighted by Gasteiger charge is 2.30. The highest BCUT2D eigenvalue weighted by atomic mass is 31.2. The standard InChI is InChI=1S/C83H162O17P2/c1-73(2)59-51-43-35-29-23-17-12-9-10-14-20-26-32-38-47-55-63-80(85)93-69-78(99-82(87)65-57-49-39-33-27-21-15-11-13-18-24-30-36-44-52-60-74(3)4)71-97-101(89,90)95-67-77(84)68-96-102(91,92)98-72-79(70-94-81(86)64-56-48-42-41-46-54-62-76(7)8)100-83(88)66-58-50-40-34-28-22-16-19-25-31-37-45-53-61-75(5)6/h73-79,84H,9-72H2,1-8H3,(H,89,90)(H,91,92)/t77-,78-,79-/m1/s1. The molecule has 102 heavy (non-hydrogen) atoms. The number of hydrogen-bond donors (Lipinski definition) is 3. The molecule has 0 heterocycles. The molecule has 0 aliphatic carbocycles. The third-order valence-corrected chi connectivity index (χ3v) is 21.2. The molecule has 0 aromatic carbocycles. The average Bonchev–Trinajstić information content (AvgIpc) is 0.906. The van der Waals surface area contributed by atoms with Gasteiger partial charge in [0.1, 0.15) is 19.3 Å². The Hall–Kier alpha value is -1.94. The van der Waals surface area contributed by atoms with Crippen LogP contribution in [0.3, 0.4) is 0 Å². The molecule has 606 valence electrons. The van der Waals surface area contributed by atoms with Crippen LogP contribution in [0.25, 0.3) is 0 Å². The van der Waals surface area contributed by atoms with Crippen molar-refractivity contribution in [3.8, 4) is 0 Å². The Morgan fingerprint density at radius 1 is 0.245 bits per heavy atom. The maximum absolute atomic E-state index is 13.1. The van der Waals surface area contributed by atoms with E-state index in [9.17, 15) is 43.2 Å². The van der Waals surface area contributed by atoms with E-state index in [4.69, 9.17) is 37.0 Å². The van der Waals surface area contributed by atoms with Gasteiger partial charge in [-0.3, -0.25) is 37.3 Å². The van der Waals surface area contributed by atoms with Crippen molar-refractivity contribution in [1.82, 2.24) is 0 Å². The summed E-state index contributed by atoms with van der Waals surface area (Å²) in [7, 11) is -9.92. The lowest BCUT2D eigenvalue weighted by atomic mass is 10.0. The van der Waals surface area contributed by atoms with Crippen LogP contribution >= 0.6 is 15.6 Å². The van der Waals surface area contributed by atoms with Crippen LogP contribution in [0.2, 0.25) is 0 Å². The maximum atomic E-state index is 13.1. The SMILES string of the molecule is CC(C)CCCCCCCCCCCCCCCCCCC(=O)OC[C@H](COP(=O)(O)OC[C@@H](O)COP(=O)(O)OC[C@@H](COC(=O)CCCCCCCCC(C)C)OC(=O)CCCCCCCCCCCCCCCC(C)C)OC(=O)CCCCCCCCCCCCCCCCCC(C)C. The Morgan fingerprint density at radius 3 is 0.608 bits per heavy atom. The first-order chi connectivity index (χ1) is 49.1. The zero-order valence-electron chi connectivity index (χ0n) is 67.2. The first-order valence-corrected chi connectivity index (χ1v) is 45.7. The summed E-state index contributed by atoms with van der Waals surface area (Å²) in [5.41, 5.74) is 0. The number of phosphoric acid groups is 2. The monoisotopic (exact) mass is 1490 g/mol. The fourth-order valence-electron chi connectivity index (χ4n) is 12.8. The van der Waals surface area contributed by atoms with E-state index in [1.165, 1.54) is 225 Å². The minimum absolute atomic E-state index is 0.106. The van der Waals surface area contributed by atoms with Gasteiger partial charge in [-0.2, -0.15) is 0 Å². The number of unbranched alkanes of at least 4 members (excludes halogenated alkanes) is 46. The van der Waals surface area contributed by atoms with E-state index in [2.05, 4.69) is 55.4 Å². The van der Waals surface area contributed by atoms with E-state index >= 15 is 0 Å². The first kappa shape index (κ1) is 100. The normalized spacial score (nSPS) is 14.0. The summed E-state index contributed by atoms with van der Waals surface area (Å²) in [5, 5.41) is 10.7. The van der Waals surface area contributed by atoms with Crippen LogP contribution in [0.4, 0.5) is 0 Å². The molecule has 0 radical (unpaired) electrons. The number of aliphatic hydroxyl groups excluding tert-OH is 1. The molecule has 0 rings (SSSR count). The number of ether oxygens (including phenoxy) is 4. The topological polar surface area (TPSA) is 237 Å². The van der Waals surface area contributed by atoms with Gasteiger partial charge in [0.25, 0.3) is 0 Å². The molecule has 0 saturated carbocycles. The average molecular weight is 1490 g/mol. The predicted octanol–water partition coefficient (Wildman–Crippen LogP) is 24.8. The molecule has 0 aliphatic heterocycles. The molecule has 17 nitrogen and oxygen atoms in total. The van der Waals surface area contributed by atoms with Gasteiger partial charge in [-0.05, 0) is 49.4 Å². The second kappa shape index (κ2) is 72.0. The van der Waals surface area contributed by atoms with Crippen molar-refractivity contribution >= 4 is 39.5 Å². The summed E-state index contributed by atoms with van der Waals surface area (Å²) >= 11 is 0. The van der Waals surface area contributed by atoms with E-state index in [1.54, 1.807) is 0 Å². The number of hydrogen-bond acceptors (Lipinski definition) is 15. The van der Waals surface area contributed by atoms with Crippen molar-refractivity contribution in [2.45, 2.75) is 446 Å². The van der Waals surface area contributed by atoms with E-state index in [0.29, 0.717) is 31.6 Å². The van der Waals surface area contributed by atoms with Crippen LogP contribution in [-0.4, -0.2) is 96.7 Å². The molecule has 0 spiro atoms. The smallest absolute Gasteiger partial charge is 0.462 e. The fourth-order valence-corrected chi connectivity index (χ4v) is 14.4. The minimum Gasteiger partial charge on any atom is -0.462 e. The maximum Gasteiger partial charge on any atom is 0.472 e. The van der Waals surface area contributed by atoms with Gasteiger partial charge in [0.05, 0.1) is 26.4 Å². The molecule has 0 saturated heterocycles. The van der Waals surface area contributed by atoms with Gasteiger partial charge in [-0.15, -0.1) is 0 Å².